The second kappa shape index (κ2) is 53.4. The number of aliphatic hydroxyl groups is 1. The van der Waals surface area contributed by atoms with Crippen LogP contribution in [0.1, 0.15) is 148 Å². The molecule has 0 aromatic carbocycles. The highest BCUT2D eigenvalue weighted by atomic mass is 16.4. The van der Waals surface area contributed by atoms with Gasteiger partial charge in [0.15, 0.2) is 5.96 Å². The molecule has 0 aliphatic rings. The highest BCUT2D eigenvalue weighted by molar-refractivity contribution is 6.02. The highest BCUT2D eigenvalue weighted by Crippen LogP contribution is 2.13. The van der Waals surface area contributed by atoms with Gasteiger partial charge >= 0.3 is 29.8 Å². The Kier molecular flexibility index (Phi) is 47.7. The van der Waals surface area contributed by atoms with Crippen molar-refractivity contribution in [2.45, 2.75) is 244 Å². The summed E-state index contributed by atoms with van der Waals surface area (Å²) in [6.45, 7) is 15.2. The fourth-order valence-corrected chi connectivity index (χ4v) is 10.3. The number of carbonyl (C=O) groups excluding carboxylic acids is 18. The minimum absolute atomic E-state index is 0.0182. The molecule has 0 radical (unpaired) electrons. The Labute approximate surface area is 693 Å². The summed E-state index contributed by atoms with van der Waals surface area (Å²) >= 11 is 0. The van der Waals surface area contributed by atoms with Crippen LogP contribution in [0, 0.1) is 29.1 Å². The molecule has 16 atom stereocenters. The molecule has 0 rings (SSSR count). The van der Waals surface area contributed by atoms with Crippen LogP contribution < -0.4 is 113 Å². The number of amides is 18. The van der Waals surface area contributed by atoms with Crippen molar-refractivity contribution in [2.24, 2.45) is 40.9 Å². The number of nitrogens with two attached hydrogens (primary N) is 3. The average Bonchev–Trinajstić information content (AvgIpc) is 1.07. The molecule has 0 aromatic heterocycles. The second-order valence-electron chi connectivity index (χ2n) is 29.3. The van der Waals surface area contributed by atoms with Crippen molar-refractivity contribution in [1.29, 1.82) is 5.41 Å². The van der Waals surface area contributed by atoms with Crippen molar-refractivity contribution in [3.8, 4) is 0 Å². The smallest absolute Gasteiger partial charge is 0.328 e. The van der Waals surface area contributed by atoms with Gasteiger partial charge in [-0.05, 0) is 84.0 Å². The highest BCUT2D eigenvalue weighted by Gasteiger charge is 2.39. The maximum Gasteiger partial charge on any atom is 0.328 e. The fourth-order valence-electron chi connectivity index (χ4n) is 10.3. The molecule has 121 heavy (non-hydrogen) atoms. The molecule has 51 heteroatoms. The van der Waals surface area contributed by atoms with Crippen LogP contribution in [0.15, 0.2) is 0 Å². The van der Waals surface area contributed by atoms with Gasteiger partial charge in [0.05, 0.1) is 45.0 Å². The maximum atomic E-state index is 14.3. The van der Waals surface area contributed by atoms with Crippen LogP contribution in [-0.2, 0) is 110 Å². The molecule has 680 valence electrons. The first-order valence-electron chi connectivity index (χ1n) is 38.0. The van der Waals surface area contributed by atoms with Gasteiger partial charge < -0.3 is 144 Å². The van der Waals surface area contributed by atoms with E-state index in [1.165, 1.54) is 48.5 Å². The van der Waals surface area contributed by atoms with Crippen molar-refractivity contribution in [1.82, 2.24) is 95.7 Å². The molecule has 0 unspecified atom stereocenters. The quantitative estimate of drug-likeness (QED) is 0.0153. The monoisotopic (exact) mass is 1730 g/mol. The summed E-state index contributed by atoms with van der Waals surface area (Å²) < 4.78 is 0. The predicted molar refractivity (Wildman–Crippen MR) is 417 cm³/mol. The predicted octanol–water partition coefficient (Wildman–Crippen LogP) is -11.6. The summed E-state index contributed by atoms with van der Waals surface area (Å²) in [5, 5.41) is 105. The zero-order chi connectivity index (χ0) is 93.3. The molecule has 0 fully saturated rings. The Morgan fingerprint density at radius 2 is 0.587 bits per heavy atom. The van der Waals surface area contributed by atoms with Crippen LogP contribution in [0.3, 0.4) is 0 Å². The number of hydrogen-bond donors (Lipinski definition) is 28. The number of rotatable bonds is 56. The van der Waals surface area contributed by atoms with E-state index < -0.39 is 321 Å². The zero-order valence-corrected chi connectivity index (χ0v) is 69.0. The van der Waals surface area contributed by atoms with Gasteiger partial charge in [-0.2, -0.15) is 0 Å². The molecule has 0 spiro atoms. The molecular formula is C70H116N22O29. The van der Waals surface area contributed by atoms with E-state index in [1.807, 2.05) is 10.6 Å². The van der Waals surface area contributed by atoms with Crippen molar-refractivity contribution in [2.75, 3.05) is 26.2 Å². The van der Waals surface area contributed by atoms with E-state index in [0.717, 1.165) is 27.7 Å². The number of hydrogen-bond acceptors (Lipinski definition) is 26. The van der Waals surface area contributed by atoms with Crippen LogP contribution in [0.5, 0.6) is 0 Å². The third-order valence-corrected chi connectivity index (χ3v) is 17.4. The summed E-state index contributed by atoms with van der Waals surface area (Å²) in [7, 11) is 0. The normalized spacial score (nSPS) is 15.0. The summed E-state index contributed by atoms with van der Waals surface area (Å²) in [6, 6.07) is -26.2. The number of aliphatic hydroxyl groups excluding tert-OH is 1. The van der Waals surface area contributed by atoms with Crippen LogP contribution >= 0.6 is 0 Å². The van der Waals surface area contributed by atoms with Gasteiger partial charge in [-0.3, -0.25) is 111 Å². The van der Waals surface area contributed by atoms with Crippen molar-refractivity contribution in [3.05, 3.63) is 0 Å². The lowest BCUT2D eigenvalue weighted by Gasteiger charge is -2.30. The Balaban J connectivity index is 6.35. The number of primary amides is 1. The van der Waals surface area contributed by atoms with Crippen LogP contribution in [0.2, 0.25) is 0 Å². The van der Waals surface area contributed by atoms with Gasteiger partial charge in [0.2, 0.25) is 106 Å². The average molecular weight is 1730 g/mol. The van der Waals surface area contributed by atoms with Crippen LogP contribution in [-0.4, -0.2) is 296 Å². The molecule has 0 bridgehead atoms. The summed E-state index contributed by atoms with van der Waals surface area (Å²) in [5.74, 6) is -30.8. The zero-order valence-electron chi connectivity index (χ0n) is 69.0. The van der Waals surface area contributed by atoms with Gasteiger partial charge in [0.25, 0.3) is 0 Å². The van der Waals surface area contributed by atoms with Crippen molar-refractivity contribution >= 4 is 142 Å². The van der Waals surface area contributed by atoms with Crippen molar-refractivity contribution in [3.63, 3.8) is 0 Å². The number of carboxylic acid groups (broad SMARTS) is 5. The molecular weight excluding hydrogens is 1610 g/mol. The largest absolute Gasteiger partial charge is 0.481 e. The molecule has 0 heterocycles. The Hall–Kier alpha value is -13.0. The van der Waals surface area contributed by atoms with Gasteiger partial charge in [-0.15, -0.1) is 0 Å². The summed E-state index contributed by atoms with van der Waals surface area (Å²) in [4.78, 5) is 298. The first-order valence-corrected chi connectivity index (χ1v) is 38.0. The van der Waals surface area contributed by atoms with Gasteiger partial charge in [0.1, 0.15) is 90.6 Å². The van der Waals surface area contributed by atoms with Gasteiger partial charge in [-0.25, -0.2) is 4.79 Å². The topological polar surface area (TPSA) is 832 Å². The fraction of sp³-hybridized carbons (Fsp3) is 0.657. The molecule has 0 saturated carbocycles. The van der Waals surface area contributed by atoms with E-state index in [4.69, 9.17) is 27.7 Å². The van der Waals surface area contributed by atoms with Gasteiger partial charge in [-0.1, -0.05) is 55.4 Å². The van der Waals surface area contributed by atoms with E-state index >= 15 is 0 Å². The summed E-state index contributed by atoms with van der Waals surface area (Å²) in [5.41, 5.74) is 16.5. The first kappa shape index (κ1) is 108. The molecule has 18 amide bonds. The lowest BCUT2D eigenvalue weighted by molar-refractivity contribution is -0.144. The number of guanidine groups is 1. The Bertz CT molecular complexity index is 3770. The third kappa shape index (κ3) is 41.8. The van der Waals surface area contributed by atoms with Crippen LogP contribution in [0.25, 0.3) is 0 Å². The minimum Gasteiger partial charge on any atom is -0.481 e. The second-order valence-corrected chi connectivity index (χ2v) is 29.3. The number of carboxylic acids is 5. The standard InChI is InChI=1S/C70H116N22O29/c1-27(2)50(72)65(116)76-25-45(96)83-39(21-47(99)100)62(113)82-34(12)57(108)88-40(22-48(101)102)63(114)84-37(16-18-43(71)94)59(110)81-32(10)55(106)80-35(13)58(109)90-52(29(5)6)67(118)86-36(15-14-20-75-70(73)74)61(112)91-53(30(7)8)68(119)92-51(28(3)4)66(117)77-24-44(95)78-31(9)54(105)79-33(11)56(107)87-41(23-49(103)104)64(115)85-38(17-19-46(97)98)60(111)89-42(26-93)69(120)121/h27-42,50-53,93H,14-26,72H2,1-13H3,(H2,71,94)(H,76,116)(H,77,117)(H,78,95)(H,79,105)(H,80,106)(H,81,110)(H,82,113)(H,83,96)(H,84,114)(H,85,115)(H,86,118)(H,87,107)(H,88,108)(H,89,111)(H,90,109)(H,91,112)(H,92,119)(H,97,98)(H,99,100)(H,101,102)(H,103,104)(H,120,121)(H4,73,74,75)/t31-,32-,33-,34-,35-,36-,37-,38-,39-,40-,41-,42-,50-,51-,52-,53-/m0/s1. The molecule has 0 saturated heterocycles. The van der Waals surface area contributed by atoms with E-state index in [1.54, 1.807) is 13.8 Å². The molecule has 0 aliphatic carbocycles. The minimum atomic E-state index is -2.05. The lowest BCUT2D eigenvalue weighted by atomic mass is 9.98. The number of aliphatic carboxylic acids is 5. The first-order chi connectivity index (χ1) is 56.0. The lowest BCUT2D eigenvalue weighted by Crippen LogP contribution is -2.61. The maximum absolute atomic E-state index is 14.3. The Morgan fingerprint density at radius 3 is 0.975 bits per heavy atom. The molecule has 31 N–H and O–H groups in total. The third-order valence-electron chi connectivity index (χ3n) is 17.4. The van der Waals surface area contributed by atoms with E-state index in [2.05, 4.69) is 85.1 Å². The summed E-state index contributed by atoms with van der Waals surface area (Å²) in [6.07, 6.45) is -6.17. The Morgan fingerprint density at radius 1 is 0.298 bits per heavy atom. The van der Waals surface area contributed by atoms with E-state index in [0.29, 0.717) is 0 Å². The van der Waals surface area contributed by atoms with Crippen LogP contribution in [0.4, 0.5) is 0 Å². The van der Waals surface area contributed by atoms with E-state index in [-0.39, 0.29) is 25.3 Å². The van der Waals surface area contributed by atoms with Gasteiger partial charge in [0, 0.05) is 19.4 Å². The SMILES string of the molecule is CC(C)[C@H](N)C(=O)NCC(=O)N[C@@H](CC(=O)O)C(=O)N[C@@H](C)C(=O)N[C@@H](CC(=O)O)C(=O)N[C@@H](CCC(N)=O)C(=O)N[C@@H](C)C(=O)N[C@@H](C)C(=O)N[C@H](C(=O)N[C@@H](CCCNC(=N)N)C(=O)N[C@H](C(=O)N[C@H](C(=O)NCC(=O)N[C@@H](C)C(=O)N[C@@H](C)C(=O)N[C@@H](CC(=O)O)C(=O)N[C@@H](CCC(=O)O)C(=O)N[C@@H](CO)C(=O)O)C(C)C)C(C)C)C(C)C. The number of carbonyl (C=O) groups is 23. The molecule has 0 aliphatic heterocycles. The molecule has 0 aromatic rings. The number of nitrogens with one attached hydrogen (secondary N) is 19. The van der Waals surface area contributed by atoms with Crippen molar-refractivity contribution < 1.29 is 141 Å². The van der Waals surface area contributed by atoms with E-state index in [9.17, 15) is 136 Å². The molecule has 51 nitrogen and oxygen atoms in total.